The number of carbonyl (C=O) groups is 1. The summed E-state index contributed by atoms with van der Waals surface area (Å²) < 4.78 is 1.61. The van der Waals surface area contributed by atoms with Crippen LogP contribution in [0.2, 0.25) is 0 Å². The Balaban J connectivity index is 1.88. The van der Waals surface area contributed by atoms with Gasteiger partial charge in [0.2, 0.25) is 5.91 Å². The Morgan fingerprint density at radius 1 is 1.11 bits per heavy atom. The lowest BCUT2D eigenvalue weighted by molar-refractivity contribution is -0.116. The summed E-state index contributed by atoms with van der Waals surface area (Å²) in [5, 5.41) is 16.9. The molecule has 0 spiro atoms. The minimum Gasteiger partial charge on any atom is -0.508 e. The molecule has 2 aromatic heterocycles. The number of hydrogen-bond acceptors (Lipinski definition) is 5. The molecule has 1 unspecified atom stereocenters. The van der Waals surface area contributed by atoms with Crippen LogP contribution in [0.15, 0.2) is 60.9 Å². The van der Waals surface area contributed by atoms with Crippen molar-refractivity contribution in [2.24, 2.45) is 0 Å². The van der Waals surface area contributed by atoms with Crippen molar-refractivity contribution in [3.05, 3.63) is 72.1 Å². The third-order valence-corrected chi connectivity index (χ3v) is 4.85. The summed E-state index contributed by atoms with van der Waals surface area (Å²) >= 11 is 0. The van der Waals surface area contributed by atoms with Crippen LogP contribution >= 0.6 is 0 Å². The number of aromatic hydroxyl groups is 1. The van der Waals surface area contributed by atoms with Gasteiger partial charge in [-0.05, 0) is 29.8 Å². The first-order chi connectivity index (χ1) is 13.1. The number of rotatable bonds is 1. The monoisotopic (exact) mass is 357 g/mol. The molecule has 7 nitrogen and oxygen atoms in total. The van der Waals surface area contributed by atoms with E-state index in [0.717, 1.165) is 16.7 Å². The molecule has 2 aromatic carbocycles. The van der Waals surface area contributed by atoms with E-state index in [9.17, 15) is 9.90 Å². The zero-order valence-electron chi connectivity index (χ0n) is 14.1. The number of hydrogen-bond donors (Lipinski definition) is 3. The highest BCUT2D eigenvalue weighted by atomic mass is 16.3. The smallest absolute Gasteiger partial charge is 0.236 e. The van der Waals surface area contributed by atoms with E-state index in [1.54, 1.807) is 34.8 Å². The van der Waals surface area contributed by atoms with Crippen molar-refractivity contribution in [2.45, 2.75) is 5.92 Å². The van der Waals surface area contributed by atoms with Gasteiger partial charge in [0.15, 0.2) is 0 Å². The highest BCUT2D eigenvalue weighted by Crippen LogP contribution is 2.40. The number of phenols is 1. The maximum atomic E-state index is 13.2. The van der Waals surface area contributed by atoms with Crippen molar-refractivity contribution in [2.75, 3.05) is 11.1 Å². The van der Waals surface area contributed by atoms with Gasteiger partial charge in [0.25, 0.3) is 0 Å². The molecule has 1 atom stereocenters. The molecule has 7 heteroatoms. The van der Waals surface area contributed by atoms with Crippen LogP contribution in [0.25, 0.3) is 16.8 Å². The van der Waals surface area contributed by atoms with E-state index < -0.39 is 5.92 Å². The minimum atomic E-state index is -0.615. The first-order valence-electron chi connectivity index (χ1n) is 8.45. The second kappa shape index (κ2) is 5.57. The molecule has 1 aliphatic rings. The molecule has 0 saturated carbocycles. The largest absolute Gasteiger partial charge is 0.508 e. The summed E-state index contributed by atoms with van der Waals surface area (Å²) in [7, 11) is 0. The SMILES string of the molecule is Nc1cc2c3c(ncnn13)-c1ccccc1NC(=O)C2c1ccc(O)cc1. The number of nitrogens with zero attached hydrogens (tertiary/aromatic N) is 3. The number of fused-ring (bicyclic) bond motifs is 2. The lowest BCUT2D eigenvalue weighted by Gasteiger charge is -2.22. The van der Waals surface area contributed by atoms with Gasteiger partial charge in [-0.15, -0.1) is 0 Å². The summed E-state index contributed by atoms with van der Waals surface area (Å²) in [6.07, 6.45) is 1.46. The second-order valence-electron chi connectivity index (χ2n) is 6.45. The van der Waals surface area contributed by atoms with Crippen LogP contribution in [-0.4, -0.2) is 25.6 Å². The van der Waals surface area contributed by atoms with Crippen LogP contribution in [0, 0.1) is 0 Å². The topological polar surface area (TPSA) is 106 Å². The van der Waals surface area contributed by atoms with E-state index in [4.69, 9.17) is 5.73 Å². The predicted octanol–water partition coefficient (Wildman–Crippen LogP) is 2.77. The quantitative estimate of drug-likeness (QED) is 0.486. The summed E-state index contributed by atoms with van der Waals surface area (Å²) in [4.78, 5) is 17.7. The molecule has 5 rings (SSSR count). The number of benzene rings is 2. The molecular weight excluding hydrogens is 342 g/mol. The zero-order valence-corrected chi connectivity index (χ0v) is 14.1. The van der Waals surface area contributed by atoms with Crippen molar-refractivity contribution >= 4 is 22.9 Å². The van der Waals surface area contributed by atoms with Gasteiger partial charge in [-0.1, -0.05) is 30.3 Å². The number of amides is 1. The summed E-state index contributed by atoms with van der Waals surface area (Å²) in [5.41, 5.74) is 10.5. The molecule has 0 fully saturated rings. The Labute approximate surface area is 154 Å². The summed E-state index contributed by atoms with van der Waals surface area (Å²) in [5.74, 6) is -0.230. The van der Waals surface area contributed by atoms with Gasteiger partial charge in [-0.2, -0.15) is 5.10 Å². The molecule has 1 aliphatic heterocycles. The van der Waals surface area contributed by atoms with Gasteiger partial charge in [0.1, 0.15) is 23.6 Å². The van der Waals surface area contributed by atoms with Crippen LogP contribution in [-0.2, 0) is 4.79 Å². The number of phenolic OH excluding ortho intramolecular Hbond substituents is 1. The van der Waals surface area contributed by atoms with Crippen LogP contribution in [0.1, 0.15) is 17.0 Å². The number of anilines is 2. The zero-order chi connectivity index (χ0) is 18.5. The molecular formula is C20H15N5O2. The standard InChI is InChI=1S/C20H15N5O2/c21-16-9-14-17(11-5-7-12(26)8-6-11)20(27)24-15-4-2-1-3-13(15)18-19(14)25(16)23-10-22-18/h1-10,17,26H,21H2,(H,24,27). The summed E-state index contributed by atoms with van der Waals surface area (Å²) in [6, 6.07) is 15.9. The minimum absolute atomic E-state index is 0.139. The van der Waals surface area contributed by atoms with Gasteiger partial charge in [-0.25, -0.2) is 9.50 Å². The van der Waals surface area contributed by atoms with Gasteiger partial charge in [0.05, 0.1) is 17.1 Å². The van der Waals surface area contributed by atoms with Crippen molar-refractivity contribution in [1.82, 2.24) is 14.6 Å². The van der Waals surface area contributed by atoms with Crippen molar-refractivity contribution in [3.63, 3.8) is 0 Å². The van der Waals surface area contributed by atoms with Gasteiger partial charge in [-0.3, -0.25) is 4.79 Å². The van der Waals surface area contributed by atoms with Crippen molar-refractivity contribution in [1.29, 1.82) is 0 Å². The Morgan fingerprint density at radius 3 is 2.70 bits per heavy atom. The number of nitrogens with one attached hydrogen (secondary N) is 1. The van der Waals surface area contributed by atoms with Gasteiger partial charge >= 0.3 is 0 Å². The maximum absolute atomic E-state index is 13.2. The lowest BCUT2D eigenvalue weighted by atomic mass is 9.88. The first-order valence-corrected chi connectivity index (χ1v) is 8.45. The first kappa shape index (κ1) is 15.4. The highest BCUT2D eigenvalue weighted by Gasteiger charge is 2.31. The number of carbonyl (C=O) groups excluding carboxylic acids is 1. The average Bonchev–Trinajstić information content (AvgIpc) is 3.00. The van der Waals surface area contributed by atoms with Crippen LogP contribution in [0.3, 0.4) is 0 Å². The third-order valence-electron chi connectivity index (χ3n) is 4.85. The fourth-order valence-corrected chi connectivity index (χ4v) is 3.66. The van der Waals surface area contributed by atoms with E-state index in [-0.39, 0.29) is 11.7 Å². The molecule has 27 heavy (non-hydrogen) atoms. The van der Waals surface area contributed by atoms with Gasteiger partial charge < -0.3 is 16.2 Å². The van der Waals surface area contributed by atoms with E-state index in [0.29, 0.717) is 22.7 Å². The molecule has 3 heterocycles. The number of para-hydroxylation sites is 1. The van der Waals surface area contributed by atoms with Crippen LogP contribution < -0.4 is 11.1 Å². The maximum Gasteiger partial charge on any atom is 0.236 e. The average molecular weight is 357 g/mol. The van der Waals surface area contributed by atoms with Crippen molar-refractivity contribution in [3.8, 4) is 17.0 Å². The van der Waals surface area contributed by atoms with E-state index in [1.165, 1.54) is 6.33 Å². The molecule has 0 radical (unpaired) electrons. The van der Waals surface area contributed by atoms with Gasteiger partial charge in [0, 0.05) is 11.1 Å². The lowest BCUT2D eigenvalue weighted by Crippen LogP contribution is -2.24. The molecule has 0 saturated heterocycles. The van der Waals surface area contributed by atoms with E-state index in [2.05, 4.69) is 15.4 Å². The van der Waals surface area contributed by atoms with Crippen LogP contribution in [0.5, 0.6) is 5.75 Å². The number of nitrogens with two attached hydrogens (primary N) is 1. The fourth-order valence-electron chi connectivity index (χ4n) is 3.66. The summed E-state index contributed by atoms with van der Waals surface area (Å²) in [6.45, 7) is 0. The Morgan fingerprint density at radius 2 is 1.89 bits per heavy atom. The normalized spacial score (nSPS) is 15.7. The molecule has 0 aliphatic carbocycles. The molecule has 132 valence electrons. The Bertz CT molecular complexity index is 1200. The number of nitrogen functional groups attached to an aromatic ring is 1. The molecule has 0 bridgehead atoms. The highest BCUT2D eigenvalue weighted by molar-refractivity contribution is 6.06. The predicted molar refractivity (Wildman–Crippen MR) is 101 cm³/mol. The van der Waals surface area contributed by atoms with Crippen LogP contribution in [0.4, 0.5) is 11.5 Å². The Hall–Kier alpha value is -3.87. The van der Waals surface area contributed by atoms with Crippen molar-refractivity contribution < 1.29 is 9.90 Å². The molecule has 1 amide bonds. The number of aromatic nitrogens is 3. The van der Waals surface area contributed by atoms with E-state index >= 15 is 0 Å². The second-order valence-corrected chi connectivity index (χ2v) is 6.45. The molecule has 4 aromatic rings. The van der Waals surface area contributed by atoms with E-state index in [1.807, 2.05) is 24.3 Å². The third kappa shape index (κ3) is 2.25. The Kier molecular flexibility index (Phi) is 3.17. The fraction of sp³-hybridized carbons (Fsp3) is 0.0500. The molecule has 4 N–H and O–H groups in total.